The van der Waals surface area contributed by atoms with Gasteiger partial charge in [0.15, 0.2) is 0 Å². The second kappa shape index (κ2) is 9.33. The Morgan fingerprint density at radius 2 is 1.33 bits per heavy atom. The molecule has 0 unspecified atom stereocenters. The standard InChI is InChI=1S/C4H6O3.Ba.Zn.2H/c1-3(5)7-4(2)6;;;;/h1-2H3;;;;. The molecule has 0 saturated carbocycles. The van der Waals surface area contributed by atoms with Gasteiger partial charge in [-0.05, 0) is 0 Å². The summed E-state index contributed by atoms with van der Waals surface area (Å²) >= 11 is 0. The molecule has 0 amide bonds. The molecule has 0 aliphatic rings. The first-order valence-corrected chi connectivity index (χ1v) is 1.82. The van der Waals surface area contributed by atoms with Crippen LogP contribution in [0.4, 0.5) is 0 Å². The maximum Gasteiger partial charge on any atom is 0 e. The molecule has 0 aromatic carbocycles. The third kappa shape index (κ3) is 17.6. The molecule has 0 aromatic rings. The Morgan fingerprint density at radius 1 is 1.11 bits per heavy atom. The van der Waals surface area contributed by atoms with E-state index < -0.39 is 11.9 Å². The Morgan fingerprint density at radius 3 is 1.33 bits per heavy atom. The Labute approximate surface area is 107 Å². The minimum atomic E-state index is -0.562. The normalized spacial score (nSPS) is 6.00. The van der Waals surface area contributed by atoms with Crippen LogP contribution in [-0.4, -0.2) is 60.8 Å². The van der Waals surface area contributed by atoms with E-state index in [2.05, 4.69) is 4.74 Å². The van der Waals surface area contributed by atoms with E-state index in [0.29, 0.717) is 0 Å². The molecule has 0 heterocycles. The molecular formula is C4H8BaO3Zn. The zero-order valence-electron chi connectivity index (χ0n) is 4.93. The maximum absolute atomic E-state index is 9.81. The van der Waals surface area contributed by atoms with Crippen molar-refractivity contribution in [1.29, 1.82) is 0 Å². The van der Waals surface area contributed by atoms with Crippen LogP contribution < -0.4 is 0 Å². The van der Waals surface area contributed by atoms with E-state index >= 15 is 0 Å². The summed E-state index contributed by atoms with van der Waals surface area (Å²) in [6.45, 7) is 2.36. The van der Waals surface area contributed by atoms with Crippen molar-refractivity contribution in [3.05, 3.63) is 0 Å². The minimum absolute atomic E-state index is 0. The van der Waals surface area contributed by atoms with Crippen LogP contribution in [0, 0.1) is 0 Å². The van der Waals surface area contributed by atoms with Crippen molar-refractivity contribution >= 4 is 60.8 Å². The van der Waals surface area contributed by atoms with Gasteiger partial charge in [-0.1, -0.05) is 0 Å². The first kappa shape index (κ1) is 16.7. The van der Waals surface area contributed by atoms with E-state index in [0.717, 1.165) is 0 Å². The Hall–Kier alpha value is 1.33. The number of hydrogen-bond acceptors (Lipinski definition) is 3. The number of esters is 2. The van der Waals surface area contributed by atoms with Crippen LogP contribution in [0.2, 0.25) is 0 Å². The van der Waals surface area contributed by atoms with Crippen LogP contribution in [0.1, 0.15) is 13.8 Å². The largest absolute Gasteiger partial charge is 0 e. The zero-order chi connectivity index (χ0) is 5.86. The molecule has 5 heteroatoms. The first-order chi connectivity index (χ1) is 3.13. The van der Waals surface area contributed by atoms with Gasteiger partial charge in [-0.15, -0.1) is 0 Å². The van der Waals surface area contributed by atoms with Gasteiger partial charge >= 0.3 is 60.8 Å². The molecule has 9 heavy (non-hydrogen) atoms. The smallest absolute Gasteiger partial charge is 0 e. The Balaban J connectivity index is -0.000000180. The first-order valence-electron chi connectivity index (χ1n) is 1.82. The maximum atomic E-state index is 9.81. The third-order valence-corrected chi connectivity index (χ3v) is 0.287. The SMILES string of the molecule is CC(=O)OC(C)=O.[BaH2].[Zn]. The molecule has 0 atom stereocenters. The summed E-state index contributed by atoms with van der Waals surface area (Å²) in [7, 11) is 0. The van der Waals surface area contributed by atoms with E-state index in [1.54, 1.807) is 0 Å². The molecular weight excluding hydrogens is 299 g/mol. The predicted molar refractivity (Wildman–Crippen MR) is 31.0 cm³/mol. The Bertz CT molecular complexity index is 92.0. The predicted octanol–water partition coefficient (Wildman–Crippen LogP) is -0.823. The van der Waals surface area contributed by atoms with Crippen LogP contribution >= 0.6 is 0 Å². The van der Waals surface area contributed by atoms with Crippen LogP contribution in [0.25, 0.3) is 0 Å². The van der Waals surface area contributed by atoms with E-state index in [1.165, 1.54) is 13.8 Å². The second-order valence-corrected chi connectivity index (χ2v) is 1.09. The Kier molecular flexibility index (Phi) is 17.4. The summed E-state index contributed by atoms with van der Waals surface area (Å²) in [5, 5.41) is 0. The van der Waals surface area contributed by atoms with Crippen molar-refractivity contribution in [3.63, 3.8) is 0 Å². The quantitative estimate of drug-likeness (QED) is 0.334. The molecule has 0 saturated heterocycles. The summed E-state index contributed by atoms with van der Waals surface area (Å²) in [5.74, 6) is -1.12. The van der Waals surface area contributed by atoms with Gasteiger partial charge in [0.1, 0.15) is 0 Å². The van der Waals surface area contributed by atoms with E-state index in [4.69, 9.17) is 0 Å². The monoisotopic (exact) mass is 306 g/mol. The zero-order valence-corrected chi connectivity index (χ0v) is 7.90. The van der Waals surface area contributed by atoms with Gasteiger partial charge in [0.05, 0.1) is 0 Å². The number of hydrogen-bond donors (Lipinski definition) is 0. The van der Waals surface area contributed by atoms with E-state index in [9.17, 15) is 9.59 Å². The number of carbonyl (C=O) groups excluding carboxylic acids is 2. The fraction of sp³-hybridized carbons (Fsp3) is 0.500. The van der Waals surface area contributed by atoms with E-state index in [1.807, 2.05) is 0 Å². The molecule has 0 spiro atoms. The van der Waals surface area contributed by atoms with Crippen LogP contribution in [0.15, 0.2) is 0 Å². The van der Waals surface area contributed by atoms with Crippen molar-refractivity contribution < 1.29 is 33.8 Å². The van der Waals surface area contributed by atoms with Crippen LogP contribution in [0.3, 0.4) is 0 Å². The summed E-state index contributed by atoms with van der Waals surface area (Å²) in [4.78, 5) is 19.6. The molecule has 0 aromatic heterocycles. The topological polar surface area (TPSA) is 43.4 Å². The molecule has 0 bridgehead atoms. The molecule has 0 rings (SSSR count). The summed E-state index contributed by atoms with van der Waals surface area (Å²) in [6.07, 6.45) is 0. The molecule has 0 N–H and O–H groups in total. The van der Waals surface area contributed by atoms with Crippen molar-refractivity contribution in [2.75, 3.05) is 0 Å². The third-order valence-electron chi connectivity index (χ3n) is 0.287. The fourth-order valence-electron chi connectivity index (χ4n) is 0.202. The molecule has 3 nitrogen and oxygen atoms in total. The minimum Gasteiger partial charge on any atom is 0 e. The van der Waals surface area contributed by atoms with Crippen molar-refractivity contribution in [1.82, 2.24) is 0 Å². The van der Waals surface area contributed by atoms with Gasteiger partial charge in [0.25, 0.3) is 0 Å². The van der Waals surface area contributed by atoms with Gasteiger partial charge in [-0.25, -0.2) is 0 Å². The molecule has 0 aliphatic carbocycles. The van der Waals surface area contributed by atoms with Crippen LogP contribution in [-0.2, 0) is 33.8 Å². The average molecular weight is 307 g/mol. The van der Waals surface area contributed by atoms with Gasteiger partial charge in [0.2, 0.25) is 0 Å². The molecule has 0 fully saturated rings. The van der Waals surface area contributed by atoms with Crippen molar-refractivity contribution in [3.8, 4) is 0 Å². The van der Waals surface area contributed by atoms with E-state index in [-0.39, 0.29) is 68.4 Å². The van der Waals surface area contributed by atoms with Crippen LogP contribution in [0.5, 0.6) is 0 Å². The van der Waals surface area contributed by atoms with Gasteiger partial charge < -0.3 is 4.74 Å². The number of ether oxygens (including phenoxy) is 1. The molecule has 46 valence electrons. The van der Waals surface area contributed by atoms with Gasteiger partial charge in [0, 0.05) is 33.3 Å². The summed E-state index contributed by atoms with van der Waals surface area (Å²) in [5.41, 5.74) is 0. The fourth-order valence-corrected chi connectivity index (χ4v) is 0.202. The molecule has 0 radical (unpaired) electrons. The van der Waals surface area contributed by atoms with Crippen molar-refractivity contribution in [2.45, 2.75) is 13.8 Å². The summed E-state index contributed by atoms with van der Waals surface area (Å²) in [6, 6.07) is 0. The average Bonchev–Trinajstić information content (AvgIpc) is 1.27. The van der Waals surface area contributed by atoms with Gasteiger partial charge in [-0.3, -0.25) is 9.59 Å². The van der Waals surface area contributed by atoms with Gasteiger partial charge in [-0.2, -0.15) is 0 Å². The number of rotatable bonds is 0. The summed E-state index contributed by atoms with van der Waals surface area (Å²) < 4.78 is 3.97. The van der Waals surface area contributed by atoms with Crippen molar-refractivity contribution in [2.24, 2.45) is 0 Å². The number of carbonyl (C=O) groups is 2. The second-order valence-electron chi connectivity index (χ2n) is 1.09. The molecule has 0 aliphatic heterocycles.